The van der Waals surface area contributed by atoms with E-state index in [0.29, 0.717) is 19.0 Å². The first-order valence-corrected chi connectivity index (χ1v) is 4.09. The molecule has 0 fully saturated rings. The minimum atomic E-state index is -0.295. The third-order valence-corrected chi connectivity index (χ3v) is 1.47. The average molecular weight is 171 g/mol. The van der Waals surface area contributed by atoms with Crippen LogP contribution in [0.3, 0.4) is 0 Å². The smallest absolute Gasteiger partial charge is 0.309 e. The molecule has 0 aromatic rings. The second-order valence-electron chi connectivity index (χ2n) is 2.42. The van der Waals surface area contributed by atoms with Crippen LogP contribution in [0.2, 0.25) is 0 Å². The predicted molar refractivity (Wildman–Crippen MR) is 43.0 cm³/mol. The molecule has 0 saturated heterocycles. The van der Waals surface area contributed by atoms with E-state index in [-0.39, 0.29) is 5.91 Å². The monoisotopic (exact) mass is 171 g/mol. The molecular formula is C8H13NO3. The van der Waals surface area contributed by atoms with Crippen LogP contribution in [0.4, 0.5) is 0 Å². The first-order chi connectivity index (χ1) is 5.84. The Labute approximate surface area is 71.5 Å². The Balaban J connectivity index is 2.35. The van der Waals surface area contributed by atoms with Gasteiger partial charge in [-0.15, -0.1) is 0 Å². The van der Waals surface area contributed by atoms with Crippen LogP contribution in [0.5, 0.6) is 0 Å². The number of rotatable bonds is 3. The van der Waals surface area contributed by atoms with Crippen molar-refractivity contribution < 1.29 is 14.4 Å². The van der Waals surface area contributed by atoms with Gasteiger partial charge in [0.15, 0.2) is 5.76 Å². The topological polar surface area (TPSA) is 47.6 Å². The fourth-order valence-corrected chi connectivity index (χ4v) is 0.904. The molecule has 4 nitrogen and oxygen atoms in total. The number of carbonyl (C=O) groups excluding carboxylic acids is 1. The summed E-state index contributed by atoms with van der Waals surface area (Å²) in [6, 6.07) is 0. The van der Waals surface area contributed by atoms with E-state index in [4.69, 9.17) is 9.57 Å². The molecule has 0 spiro atoms. The van der Waals surface area contributed by atoms with E-state index in [2.05, 4.69) is 5.48 Å². The number of hydrogen-bond acceptors (Lipinski definition) is 3. The molecular weight excluding hydrogens is 158 g/mol. The molecule has 0 aliphatic carbocycles. The Bertz CT molecular complexity index is 189. The highest BCUT2D eigenvalue weighted by Gasteiger charge is 2.12. The maximum Gasteiger partial charge on any atom is 0.309 e. The first kappa shape index (κ1) is 9.06. The lowest BCUT2D eigenvalue weighted by Gasteiger charge is -2.13. The highest BCUT2D eigenvalue weighted by atomic mass is 16.7. The summed E-state index contributed by atoms with van der Waals surface area (Å²) in [5, 5.41) is 0. The highest BCUT2D eigenvalue weighted by Crippen LogP contribution is 2.09. The van der Waals surface area contributed by atoms with E-state index in [9.17, 15) is 4.79 Å². The summed E-state index contributed by atoms with van der Waals surface area (Å²) in [6.07, 6.45) is 3.65. The van der Waals surface area contributed by atoms with E-state index >= 15 is 0 Å². The van der Waals surface area contributed by atoms with Crippen molar-refractivity contribution in [2.45, 2.75) is 19.8 Å². The zero-order valence-electron chi connectivity index (χ0n) is 7.13. The van der Waals surface area contributed by atoms with Gasteiger partial charge in [-0.2, -0.15) is 0 Å². The number of nitrogens with one attached hydrogen (secondary N) is 1. The van der Waals surface area contributed by atoms with E-state index in [1.807, 2.05) is 0 Å². The van der Waals surface area contributed by atoms with Crippen LogP contribution in [0, 0.1) is 0 Å². The molecule has 0 bridgehead atoms. The first-order valence-electron chi connectivity index (χ1n) is 4.09. The van der Waals surface area contributed by atoms with E-state index in [0.717, 1.165) is 12.8 Å². The summed E-state index contributed by atoms with van der Waals surface area (Å²) in [7, 11) is 0. The summed E-state index contributed by atoms with van der Waals surface area (Å²) in [5.41, 5.74) is 2.27. The maximum absolute atomic E-state index is 11.1. The molecule has 1 amide bonds. The number of carbonyl (C=O) groups is 1. The second-order valence-corrected chi connectivity index (χ2v) is 2.42. The molecule has 0 aromatic heterocycles. The van der Waals surface area contributed by atoms with Crippen molar-refractivity contribution >= 4 is 5.91 Å². The van der Waals surface area contributed by atoms with E-state index in [1.54, 1.807) is 13.0 Å². The number of ether oxygens (including phenoxy) is 1. The van der Waals surface area contributed by atoms with Gasteiger partial charge in [-0.25, -0.2) is 5.48 Å². The fourth-order valence-electron chi connectivity index (χ4n) is 0.904. The molecule has 1 aliphatic rings. The normalized spacial score (nSPS) is 16.2. The molecule has 4 heteroatoms. The predicted octanol–water partition coefficient (Wildman–Crippen LogP) is 0.748. The van der Waals surface area contributed by atoms with Gasteiger partial charge in [0.1, 0.15) is 0 Å². The quantitative estimate of drug-likeness (QED) is 0.637. The van der Waals surface area contributed by atoms with Crippen molar-refractivity contribution in [1.82, 2.24) is 5.48 Å². The van der Waals surface area contributed by atoms with Crippen LogP contribution in [0.25, 0.3) is 0 Å². The van der Waals surface area contributed by atoms with Crippen LogP contribution in [-0.4, -0.2) is 19.1 Å². The van der Waals surface area contributed by atoms with Gasteiger partial charge >= 0.3 is 5.91 Å². The van der Waals surface area contributed by atoms with Crippen LogP contribution in [-0.2, 0) is 14.4 Å². The van der Waals surface area contributed by atoms with Gasteiger partial charge in [-0.1, -0.05) is 0 Å². The van der Waals surface area contributed by atoms with Gasteiger partial charge in [0.2, 0.25) is 0 Å². The van der Waals surface area contributed by atoms with Crippen molar-refractivity contribution in [2.75, 3.05) is 13.2 Å². The summed E-state index contributed by atoms with van der Waals surface area (Å²) >= 11 is 0. The molecule has 0 atom stereocenters. The third-order valence-electron chi connectivity index (χ3n) is 1.47. The van der Waals surface area contributed by atoms with Gasteiger partial charge in [0, 0.05) is 0 Å². The SMILES string of the molecule is CCONC(=O)C1=CCCCO1. The van der Waals surface area contributed by atoms with Crippen molar-refractivity contribution in [1.29, 1.82) is 0 Å². The van der Waals surface area contributed by atoms with Gasteiger partial charge in [0.05, 0.1) is 13.2 Å². The highest BCUT2D eigenvalue weighted by molar-refractivity contribution is 5.90. The molecule has 1 aliphatic heterocycles. The molecule has 0 unspecified atom stereocenters. The zero-order chi connectivity index (χ0) is 8.81. The summed E-state index contributed by atoms with van der Waals surface area (Å²) < 4.78 is 5.11. The standard InChI is InChI=1S/C8H13NO3/c1-2-12-9-8(10)7-5-3-4-6-11-7/h5H,2-4,6H2,1H3,(H,9,10). The summed E-state index contributed by atoms with van der Waals surface area (Å²) in [6.45, 7) is 2.88. The lowest BCUT2D eigenvalue weighted by Crippen LogP contribution is -2.27. The fraction of sp³-hybridized carbons (Fsp3) is 0.625. The summed E-state index contributed by atoms with van der Waals surface area (Å²) in [4.78, 5) is 15.9. The average Bonchev–Trinajstić information content (AvgIpc) is 2.15. The van der Waals surface area contributed by atoms with Crippen molar-refractivity contribution in [3.63, 3.8) is 0 Å². The maximum atomic E-state index is 11.1. The Hall–Kier alpha value is -1.03. The third kappa shape index (κ3) is 2.54. The zero-order valence-corrected chi connectivity index (χ0v) is 7.13. The summed E-state index contributed by atoms with van der Waals surface area (Å²) in [5.74, 6) is 0.0752. The van der Waals surface area contributed by atoms with Gasteiger partial charge in [-0.05, 0) is 25.8 Å². The van der Waals surface area contributed by atoms with Crippen LogP contribution < -0.4 is 5.48 Å². The molecule has 12 heavy (non-hydrogen) atoms. The molecule has 0 saturated carbocycles. The molecule has 1 rings (SSSR count). The van der Waals surface area contributed by atoms with Gasteiger partial charge in [-0.3, -0.25) is 9.63 Å². The Morgan fingerprint density at radius 2 is 2.67 bits per heavy atom. The van der Waals surface area contributed by atoms with Gasteiger partial charge in [0.25, 0.3) is 0 Å². The number of hydroxylamine groups is 1. The minimum Gasteiger partial charge on any atom is -0.488 e. The van der Waals surface area contributed by atoms with Crippen LogP contribution >= 0.6 is 0 Å². The van der Waals surface area contributed by atoms with Crippen LogP contribution in [0.15, 0.2) is 11.8 Å². The number of allylic oxidation sites excluding steroid dienone is 1. The Morgan fingerprint density at radius 1 is 1.83 bits per heavy atom. The molecule has 68 valence electrons. The molecule has 1 heterocycles. The van der Waals surface area contributed by atoms with Crippen molar-refractivity contribution in [2.24, 2.45) is 0 Å². The van der Waals surface area contributed by atoms with E-state index in [1.165, 1.54) is 0 Å². The second kappa shape index (κ2) is 4.77. The van der Waals surface area contributed by atoms with Crippen LogP contribution in [0.1, 0.15) is 19.8 Å². The van der Waals surface area contributed by atoms with Gasteiger partial charge < -0.3 is 4.74 Å². The Kier molecular flexibility index (Phi) is 3.60. The lowest BCUT2D eigenvalue weighted by molar-refractivity contribution is -0.133. The van der Waals surface area contributed by atoms with Crippen molar-refractivity contribution in [3.8, 4) is 0 Å². The molecule has 1 N–H and O–H groups in total. The van der Waals surface area contributed by atoms with E-state index < -0.39 is 0 Å². The number of amides is 1. The minimum absolute atomic E-state index is 0.295. The number of hydrogen-bond donors (Lipinski definition) is 1. The molecule has 0 radical (unpaired) electrons. The Morgan fingerprint density at radius 3 is 3.25 bits per heavy atom. The largest absolute Gasteiger partial charge is 0.488 e. The lowest BCUT2D eigenvalue weighted by atomic mass is 10.2. The molecule has 0 aromatic carbocycles. The van der Waals surface area contributed by atoms with Crippen molar-refractivity contribution in [3.05, 3.63) is 11.8 Å².